The predicted octanol–water partition coefficient (Wildman–Crippen LogP) is 1.22. The molecule has 3 nitrogen and oxygen atoms in total. The first-order valence-electron chi connectivity index (χ1n) is 4.59. The molecule has 0 saturated heterocycles. The van der Waals surface area contributed by atoms with Gasteiger partial charge in [0, 0.05) is 12.1 Å². The molecule has 2 N–H and O–H groups in total. The smallest absolute Gasteiger partial charge is 0.317 e. The van der Waals surface area contributed by atoms with Crippen molar-refractivity contribution in [3.05, 3.63) is 35.6 Å². The lowest BCUT2D eigenvalue weighted by Crippen LogP contribution is -2.41. The SMILES string of the molecule is COC(=O)[C@](C)(CN)c1ccccc1F. The van der Waals surface area contributed by atoms with Gasteiger partial charge in [-0.05, 0) is 13.0 Å². The van der Waals surface area contributed by atoms with Gasteiger partial charge in [-0.3, -0.25) is 4.79 Å². The summed E-state index contributed by atoms with van der Waals surface area (Å²) in [6.45, 7) is 1.57. The highest BCUT2D eigenvalue weighted by Crippen LogP contribution is 2.26. The quantitative estimate of drug-likeness (QED) is 0.765. The summed E-state index contributed by atoms with van der Waals surface area (Å²) in [6, 6.07) is 6.06. The number of methoxy groups -OCH3 is 1. The van der Waals surface area contributed by atoms with Crippen LogP contribution in [0, 0.1) is 5.82 Å². The second-order valence-corrected chi connectivity index (χ2v) is 3.51. The lowest BCUT2D eigenvalue weighted by atomic mass is 9.82. The largest absolute Gasteiger partial charge is 0.468 e. The van der Waals surface area contributed by atoms with E-state index in [-0.39, 0.29) is 12.1 Å². The third-order valence-corrected chi connectivity index (χ3v) is 2.51. The fourth-order valence-corrected chi connectivity index (χ4v) is 1.44. The van der Waals surface area contributed by atoms with E-state index in [1.165, 1.54) is 13.2 Å². The van der Waals surface area contributed by atoms with Crippen LogP contribution >= 0.6 is 0 Å². The van der Waals surface area contributed by atoms with Gasteiger partial charge in [0.2, 0.25) is 0 Å². The van der Waals surface area contributed by atoms with E-state index in [1.807, 2.05) is 0 Å². The average Bonchev–Trinajstić information content (AvgIpc) is 2.27. The van der Waals surface area contributed by atoms with Crippen LogP contribution in [0.2, 0.25) is 0 Å². The third kappa shape index (κ3) is 1.99. The van der Waals surface area contributed by atoms with E-state index in [9.17, 15) is 9.18 Å². The van der Waals surface area contributed by atoms with Gasteiger partial charge >= 0.3 is 5.97 Å². The van der Waals surface area contributed by atoms with Crippen molar-refractivity contribution in [2.45, 2.75) is 12.3 Å². The van der Waals surface area contributed by atoms with Crippen LogP contribution in [0.15, 0.2) is 24.3 Å². The number of ether oxygens (including phenoxy) is 1. The van der Waals surface area contributed by atoms with Gasteiger partial charge in [-0.25, -0.2) is 4.39 Å². The van der Waals surface area contributed by atoms with Crippen molar-refractivity contribution in [1.82, 2.24) is 0 Å². The fourth-order valence-electron chi connectivity index (χ4n) is 1.44. The molecule has 0 amide bonds. The van der Waals surface area contributed by atoms with Crippen LogP contribution in [0.3, 0.4) is 0 Å². The fraction of sp³-hybridized carbons (Fsp3) is 0.364. The predicted molar refractivity (Wildman–Crippen MR) is 54.8 cm³/mol. The number of halogens is 1. The first-order chi connectivity index (χ1) is 7.06. The maximum atomic E-state index is 13.5. The molecule has 0 aliphatic rings. The first-order valence-corrected chi connectivity index (χ1v) is 4.59. The zero-order chi connectivity index (χ0) is 11.5. The number of nitrogens with two attached hydrogens (primary N) is 1. The van der Waals surface area contributed by atoms with E-state index >= 15 is 0 Å². The van der Waals surface area contributed by atoms with Crippen LogP contribution in [0.1, 0.15) is 12.5 Å². The van der Waals surface area contributed by atoms with Gasteiger partial charge in [0.15, 0.2) is 0 Å². The Labute approximate surface area is 88.0 Å². The summed E-state index contributed by atoms with van der Waals surface area (Å²) in [6.07, 6.45) is 0. The molecule has 1 atom stereocenters. The molecule has 0 spiro atoms. The van der Waals surface area contributed by atoms with Gasteiger partial charge in [0.1, 0.15) is 11.2 Å². The Morgan fingerprint density at radius 3 is 2.60 bits per heavy atom. The molecule has 1 rings (SSSR count). The van der Waals surface area contributed by atoms with E-state index in [0.717, 1.165) is 0 Å². The summed E-state index contributed by atoms with van der Waals surface area (Å²) in [4.78, 5) is 11.5. The molecule has 0 aromatic heterocycles. The molecule has 1 aromatic rings. The Hall–Kier alpha value is -1.42. The van der Waals surface area contributed by atoms with Crippen molar-refractivity contribution in [2.24, 2.45) is 5.73 Å². The Morgan fingerprint density at radius 2 is 2.13 bits per heavy atom. The molecule has 4 heteroatoms. The lowest BCUT2D eigenvalue weighted by molar-refractivity contribution is -0.146. The van der Waals surface area contributed by atoms with Crippen molar-refractivity contribution in [3.63, 3.8) is 0 Å². The monoisotopic (exact) mass is 211 g/mol. The molecule has 0 radical (unpaired) electrons. The minimum absolute atomic E-state index is 0.000602. The standard InChI is InChI=1S/C11H14FNO2/c1-11(7-13,10(14)15-2)8-5-3-4-6-9(8)12/h3-6H,7,13H2,1-2H3/t11-/m1/s1. The zero-order valence-electron chi connectivity index (χ0n) is 8.79. The maximum Gasteiger partial charge on any atom is 0.317 e. The number of benzene rings is 1. The van der Waals surface area contributed by atoms with Crippen LogP contribution in [-0.4, -0.2) is 19.6 Å². The number of hydrogen-bond acceptors (Lipinski definition) is 3. The number of carbonyl (C=O) groups is 1. The molecule has 0 bridgehead atoms. The number of carbonyl (C=O) groups excluding carboxylic acids is 1. The normalized spacial score (nSPS) is 14.4. The Bertz CT molecular complexity index is 367. The summed E-state index contributed by atoms with van der Waals surface area (Å²) in [5.41, 5.74) is 4.66. The van der Waals surface area contributed by atoms with Crippen LogP contribution < -0.4 is 5.73 Å². The molecular formula is C11H14FNO2. The van der Waals surface area contributed by atoms with Crippen molar-refractivity contribution in [3.8, 4) is 0 Å². The average molecular weight is 211 g/mol. The summed E-state index contributed by atoms with van der Waals surface area (Å²) in [5.74, 6) is -0.981. The van der Waals surface area contributed by atoms with Crippen molar-refractivity contribution in [1.29, 1.82) is 0 Å². The molecule has 0 aliphatic heterocycles. The summed E-state index contributed by atoms with van der Waals surface area (Å²) >= 11 is 0. The highest BCUT2D eigenvalue weighted by Gasteiger charge is 2.37. The topological polar surface area (TPSA) is 52.3 Å². The van der Waals surface area contributed by atoms with E-state index in [0.29, 0.717) is 0 Å². The van der Waals surface area contributed by atoms with Gasteiger partial charge in [0.25, 0.3) is 0 Å². The van der Waals surface area contributed by atoms with E-state index in [2.05, 4.69) is 4.74 Å². The molecule has 0 unspecified atom stereocenters. The van der Waals surface area contributed by atoms with Crippen molar-refractivity contribution < 1.29 is 13.9 Å². The van der Waals surface area contributed by atoms with Crippen molar-refractivity contribution in [2.75, 3.05) is 13.7 Å². The molecular weight excluding hydrogens is 197 g/mol. The maximum absolute atomic E-state index is 13.5. The second kappa shape index (κ2) is 4.40. The van der Waals surface area contributed by atoms with Gasteiger partial charge in [-0.2, -0.15) is 0 Å². The molecule has 0 fully saturated rings. The van der Waals surface area contributed by atoms with Gasteiger partial charge in [-0.1, -0.05) is 18.2 Å². The second-order valence-electron chi connectivity index (χ2n) is 3.51. The number of esters is 1. The molecule has 15 heavy (non-hydrogen) atoms. The molecule has 0 heterocycles. The Morgan fingerprint density at radius 1 is 1.53 bits per heavy atom. The zero-order valence-corrected chi connectivity index (χ0v) is 8.79. The van der Waals surface area contributed by atoms with E-state index in [4.69, 9.17) is 5.73 Å². The van der Waals surface area contributed by atoms with Crippen LogP contribution in [0.5, 0.6) is 0 Å². The Balaban J connectivity index is 3.23. The van der Waals surface area contributed by atoms with E-state index in [1.54, 1.807) is 25.1 Å². The third-order valence-electron chi connectivity index (χ3n) is 2.51. The molecule has 1 aromatic carbocycles. The van der Waals surface area contributed by atoms with Crippen LogP contribution in [-0.2, 0) is 14.9 Å². The molecule has 82 valence electrons. The molecule has 0 saturated carbocycles. The Kier molecular flexibility index (Phi) is 3.42. The van der Waals surface area contributed by atoms with Crippen molar-refractivity contribution >= 4 is 5.97 Å². The van der Waals surface area contributed by atoms with Crippen LogP contribution in [0.25, 0.3) is 0 Å². The van der Waals surface area contributed by atoms with E-state index < -0.39 is 17.2 Å². The summed E-state index contributed by atoms with van der Waals surface area (Å²) in [7, 11) is 1.26. The lowest BCUT2D eigenvalue weighted by Gasteiger charge is -2.25. The number of rotatable bonds is 3. The van der Waals surface area contributed by atoms with Gasteiger partial charge in [-0.15, -0.1) is 0 Å². The highest BCUT2D eigenvalue weighted by molar-refractivity contribution is 5.83. The highest BCUT2D eigenvalue weighted by atomic mass is 19.1. The minimum atomic E-state index is -1.12. The molecule has 0 aliphatic carbocycles. The first kappa shape index (κ1) is 11.7. The number of hydrogen-bond donors (Lipinski definition) is 1. The minimum Gasteiger partial charge on any atom is -0.468 e. The van der Waals surface area contributed by atoms with Crippen LogP contribution in [0.4, 0.5) is 4.39 Å². The summed E-state index contributed by atoms with van der Waals surface area (Å²) in [5, 5.41) is 0. The summed E-state index contributed by atoms with van der Waals surface area (Å²) < 4.78 is 18.1. The van der Waals surface area contributed by atoms with Gasteiger partial charge in [0.05, 0.1) is 7.11 Å². The van der Waals surface area contributed by atoms with Gasteiger partial charge < -0.3 is 10.5 Å².